The molecule has 0 saturated carbocycles. The normalized spacial score (nSPS) is 14.2. The van der Waals surface area contributed by atoms with Crippen LogP contribution < -0.4 is 0 Å². The number of rotatable bonds is 7. The molecule has 0 bridgehead atoms. The highest BCUT2D eigenvalue weighted by atomic mass is 16.5. The zero-order chi connectivity index (χ0) is 18.5. The third kappa shape index (κ3) is 4.05. The van der Waals surface area contributed by atoms with Gasteiger partial charge in [0.15, 0.2) is 5.82 Å². The molecule has 0 spiro atoms. The van der Waals surface area contributed by atoms with Crippen molar-refractivity contribution >= 4 is 11.8 Å². The molecule has 2 aromatic heterocycles. The Morgan fingerprint density at radius 2 is 2.08 bits per heavy atom. The number of aromatic nitrogens is 3. The van der Waals surface area contributed by atoms with E-state index < -0.39 is 0 Å². The highest BCUT2D eigenvalue weighted by Crippen LogP contribution is 2.25. The van der Waals surface area contributed by atoms with Crippen LogP contribution in [-0.4, -0.2) is 77.1 Å². The van der Waals surface area contributed by atoms with E-state index in [1.165, 1.54) is 7.11 Å². The van der Waals surface area contributed by atoms with E-state index in [4.69, 9.17) is 9.26 Å². The summed E-state index contributed by atoms with van der Waals surface area (Å²) in [4.78, 5) is 35.5. The first kappa shape index (κ1) is 18.0. The molecule has 0 atom stereocenters. The second-order valence-corrected chi connectivity index (χ2v) is 6.19. The third-order valence-electron chi connectivity index (χ3n) is 4.28. The number of hydrogen-bond donors (Lipinski definition) is 0. The number of pyridine rings is 1. The van der Waals surface area contributed by atoms with Gasteiger partial charge in [0.25, 0.3) is 5.91 Å². The van der Waals surface area contributed by atoms with Crippen LogP contribution in [0.25, 0.3) is 0 Å². The van der Waals surface area contributed by atoms with Crippen molar-refractivity contribution in [3.63, 3.8) is 0 Å². The van der Waals surface area contributed by atoms with Crippen LogP contribution in [0.15, 0.2) is 29.0 Å². The smallest absolute Gasteiger partial charge is 0.253 e. The molecule has 1 aliphatic rings. The second-order valence-electron chi connectivity index (χ2n) is 6.19. The van der Waals surface area contributed by atoms with E-state index in [1.807, 2.05) is 0 Å². The molecular weight excluding hydrogens is 338 g/mol. The first-order valence-corrected chi connectivity index (χ1v) is 8.33. The first-order chi connectivity index (χ1) is 12.6. The number of carbonyl (C=O) groups is 2. The molecule has 0 unspecified atom stereocenters. The number of likely N-dealkylation sites (N-methyl/N-ethyl adjacent to an activating group) is 1. The Morgan fingerprint density at radius 1 is 1.35 bits per heavy atom. The molecule has 138 valence electrons. The zero-order valence-corrected chi connectivity index (χ0v) is 14.8. The van der Waals surface area contributed by atoms with Crippen molar-refractivity contribution in [2.75, 3.05) is 40.4 Å². The van der Waals surface area contributed by atoms with Gasteiger partial charge < -0.3 is 19.1 Å². The van der Waals surface area contributed by atoms with Crippen LogP contribution in [0.4, 0.5) is 0 Å². The van der Waals surface area contributed by atoms with Gasteiger partial charge in [-0.2, -0.15) is 4.98 Å². The highest BCUT2D eigenvalue weighted by Gasteiger charge is 2.35. The van der Waals surface area contributed by atoms with Crippen LogP contribution >= 0.6 is 0 Å². The second kappa shape index (κ2) is 8.05. The fraction of sp³-hybridized carbons (Fsp3) is 0.471. The number of likely N-dealkylation sites (tertiary alicyclic amines) is 1. The van der Waals surface area contributed by atoms with Gasteiger partial charge in [0.05, 0.1) is 5.92 Å². The van der Waals surface area contributed by atoms with Crippen LogP contribution in [0.3, 0.4) is 0 Å². The van der Waals surface area contributed by atoms with Gasteiger partial charge in [-0.05, 0) is 12.1 Å². The van der Waals surface area contributed by atoms with Crippen molar-refractivity contribution in [2.24, 2.45) is 0 Å². The molecule has 3 heterocycles. The topological polar surface area (TPSA) is 102 Å². The Kier molecular flexibility index (Phi) is 5.57. The lowest BCUT2D eigenvalue weighted by Gasteiger charge is -2.36. The number of amides is 2. The van der Waals surface area contributed by atoms with Gasteiger partial charge in [-0.1, -0.05) is 5.16 Å². The van der Waals surface area contributed by atoms with Gasteiger partial charge in [0.2, 0.25) is 11.8 Å². The number of hydrogen-bond acceptors (Lipinski definition) is 7. The lowest BCUT2D eigenvalue weighted by Crippen LogP contribution is -2.49. The quantitative estimate of drug-likeness (QED) is 0.703. The largest absolute Gasteiger partial charge is 0.375 e. The van der Waals surface area contributed by atoms with Crippen molar-refractivity contribution in [1.82, 2.24) is 24.9 Å². The molecule has 9 nitrogen and oxygen atoms in total. The summed E-state index contributed by atoms with van der Waals surface area (Å²) in [5, 5.41) is 3.97. The number of carbonyl (C=O) groups excluding carboxylic acids is 2. The van der Waals surface area contributed by atoms with Crippen LogP contribution in [-0.2, 0) is 16.0 Å². The van der Waals surface area contributed by atoms with Crippen LogP contribution in [0.5, 0.6) is 0 Å². The summed E-state index contributed by atoms with van der Waals surface area (Å²) in [5.74, 6) is 1.02. The van der Waals surface area contributed by atoms with Gasteiger partial charge in [-0.15, -0.1) is 0 Å². The van der Waals surface area contributed by atoms with Crippen molar-refractivity contribution in [2.45, 2.75) is 12.3 Å². The molecule has 3 rings (SSSR count). The maximum atomic E-state index is 12.3. The summed E-state index contributed by atoms with van der Waals surface area (Å²) in [6, 6.07) is 3.36. The third-order valence-corrected chi connectivity index (χ3v) is 4.28. The average molecular weight is 359 g/mol. The lowest BCUT2D eigenvalue weighted by molar-refractivity contribution is -0.140. The van der Waals surface area contributed by atoms with Crippen LogP contribution in [0.1, 0.15) is 28.0 Å². The van der Waals surface area contributed by atoms with E-state index in [1.54, 1.807) is 41.4 Å². The first-order valence-electron chi connectivity index (χ1n) is 8.33. The van der Waals surface area contributed by atoms with Gasteiger partial charge in [0.1, 0.15) is 6.61 Å². The van der Waals surface area contributed by atoms with E-state index in [9.17, 15) is 9.59 Å². The monoisotopic (exact) mass is 359 g/mol. The minimum atomic E-state index is -0.0811. The Hall–Kier alpha value is -2.81. The van der Waals surface area contributed by atoms with Gasteiger partial charge in [-0.3, -0.25) is 14.6 Å². The molecule has 26 heavy (non-hydrogen) atoms. The van der Waals surface area contributed by atoms with Crippen LogP contribution in [0.2, 0.25) is 0 Å². The number of ether oxygens (including phenoxy) is 1. The fourth-order valence-electron chi connectivity index (χ4n) is 2.67. The van der Waals surface area contributed by atoms with Crippen molar-refractivity contribution < 1.29 is 18.8 Å². The van der Waals surface area contributed by atoms with Crippen molar-refractivity contribution in [3.05, 3.63) is 41.8 Å². The summed E-state index contributed by atoms with van der Waals surface area (Å²) in [6.07, 6.45) is 3.67. The SMILES string of the molecule is COCC(=O)N1CC(c2nc(CCN(C)C(=O)c3ccncc3)no2)C1. The Bertz CT molecular complexity index is 758. The number of nitrogens with zero attached hydrogens (tertiary/aromatic N) is 5. The minimum Gasteiger partial charge on any atom is -0.375 e. The summed E-state index contributed by atoms with van der Waals surface area (Å²) in [5.41, 5.74) is 0.589. The molecule has 0 aliphatic carbocycles. The van der Waals surface area contributed by atoms with Crippen molar-refractivity contribution in [1.29, 1.82) is 0 Å². The molecule has 0 radical (unpaired) electrons. The van der Waals surface area contributed by atoms with E-state index in [2.05, 4.69) is 15.1 Å². The molecule has 1 saturated heterocycles. The molecule has 1 fully saturated rings. The van der Waals surface area contributed by atoms with E-state index in [-0.39, 0.29) is 24.3 Å². The molecular formula is C17H21N5O4. The molecule has 2 aromatic rings. The highest BCUT2D eigenvalue weighted by molar-refractivity contribution is 5.93. The standard InChI is InChI=1S/C17H21N5O4/c1-21(17(24)12-3-6-18-7-4-12)8-5-14-19-16(26-20-14)13-9-22(10-13)15(23)11-25-2/h3-4,6-7,13H,5,8-11H2,1-2H3. The average Bonchev–Trinajstić information content (AvgIpc) is 3.07. The summed E-state index contributed by atoms with van der Waals surface area (Å²) >= 11 is 0. The number of methoxy groups -OCH3 is 1. The molecule has 0 aromatic carbocycles. The molecule has 9 heteroatoms. The minimum absolute atomic E-state index is 0.0419. The Morgan fingerprint density at radius 3 is 2.77 bits per heavy atom. The lowest BCUT2D eigenvalue weighted by atomic mass is 10.0. The predicted octanol–water partition coefficient (Wildman–Crippen LogP) is 0.352. The zero-order valence-electron chi connectivity index (χ0n) is 14.8. The molecule has 2 amide bonds. The van der Waals surface area contributed by atoms with Gasteiger partial charge >= 0.3 is 0 Å². The molecule has 0 N–H and O–H groups in total. The van der Waals surface area contributed by atoms with E-state index >= 15 is 0 Å². The Labute approximate surface area is 150 Å². The summed E-state index contributed by atoms with van der Waals surface area (Å²) < 4.78 is 10.1. The summed E-state index contributed by atoms with van der Waals surface area (Å²) in [7, 11) is 3.23. The molecule has 1 aliphatic heterocycles. The van der Waals surface area contributed by atoms with E-state index in [0.717, 1.165) is 0 Å². The van der Waals surface area contributed by atoms with Gasteiger partial charge in [0, 0.05) is 58.2 Å². The predicted molar refractivity (Wildman–Crippen MR) is 90.4 cm³/mol. The van der Waals surface area contributed by atoms with E-state index in [0.29, 0.717) is 43.3 Å². The van der Waals surface area contributed by atoms with Gasteiger partial charge in [-0.25, -0.2) is 0 Å². The van der Waals surface area contributed by atoms with Crippen molar-refractivity contribution in [3.8, 4) is 0 Å². The maximum Gasteiger partial charge on any atom is 0.253 e. The fourth-order valence-corrected chi connectivity index (χ4v) is 2.67. The maximum absolute atomic E-state index is 12.3. The summed E-state index contributed by atoms with van der Waals surface area (Å²) in [6.45, 7) is 1.68. The Balaban J connectivity index is 1.47. The van der Waals surface area contributed by atoms with Crippen LogP contribution in [0, 0.1) is 0 Å².